The van der Waals surface area contributed by atoms with E-state index >= 15 is 4.39 Å². The van der Waals surface area contributed by atoms with E-state index in [2.05, 4.69) is 4.98 Å². The van der Waals surface area contributed by atoms with Crippen LogP contribution in [0.5, 0.6) is 5.75 Å². The number of fused-ring (bicyclic) bond motifs is 1. The third kappa shape index (κ3) is 2.60. The van der Waals surface area contributed by atoms with Crippen LogP contribution in [0.2, 0.25) is 0 Å². The van der Waals surface area contributed by atoms with Crippen LogP contribution in [0.4, 0.5) is 10.1 Å². The standard InChI is InChI=1S/C21H19FN4O5/c1-9-8-31-19-16-11(18(27)13(21(29)30)6-26(9)16)4-14(22)17(19)25-5-12-15(7-25)23-10(2)24(3)20(12)28/h4,6,9H,5,7-8H2,1-3H3,(H,29,30)/t9-/m0/s1. The number of hydrogen-bond donors (Lipinski definition) is 1. The first-order valence-electron chi connectivity index (χ1n) is 9.76. The number of anilines is 1. The second-order valence-corrected chi connectivity index (χ2v) is 7.98. The maximum atomic E-state index is 15.3. The third-order valence-electron chi connectivity index (χ3n) is 6.07. The zero-order chi connectivity index (χ0) is 22.2. The van der Waals surface area contributed by atoms with Crippen LogP contribution >= 0.6 is 0 Å². The highest BCUT2D eigenvalue weighted by Crippen LogP contribution is 2.43. The summed E-state index contributed by atoms with van der Waals surface area (Å²) in [5.41, 5.74) is 0.177. The molecule has 9 nitrogen and oxygen atoms in total. The fourth-order valence-electron chi connectivity index (χ4n) is 4.34. The number of pyridine rings is 1. The van der Waals surface area contributed by atoms with Gasteiger partial charge in [0.05, 0.1) is 41.3 Å². The molecule has 3 aromatic rings. The lowest BCUT2D eigenvalue weighted by Crippen LogP contribution is -2.29. The number of hydrogen-bond acceptors (Lipinski definition) is 6. The molecule has 0 aliphatic carbocycles. The minimum atomic E-state index is -1.37. The predicted octanol–water partition coefficient (Wildman–Crippen LogP) is 1.71. The van der Waals surface area contributed by atoms with Crippen molar-refractivity contribution in [2.75, 3.05) is 11.5 Å². The summed E-state index contributed by atoms with van der Waals surface area (Å²) in [6.45, 7) is 4.11. The van der Waals surface area contributed by atoms with Crippen molar-refractivity contribution in [1.82, 2.24) is 14.1 Å². The topological polar surface area (TPSA) is 107 Å². The molecule has 0 amide bonds. The van der Waals surface area contributed by atoms with Gasteiger partial charge >= 0.3 is 5.97 Å². The van der Waals surface area contributed by atoms with Crippen molar-refractivity contribution >= 4 is 22.6 Å². The van der Waals surface area contributed by atoms with E-state index in [1.165, 1.54) is 10.8 Å². The Morgan fingerprint density at radius 2 is 2.06 bits per heavy atom. The van der Waals surface area contributed by atoms with Crippen LogP contribution in [0.25, 0.3) is 10.9 Å². The zero-order valence-electron chi connectivity index (χ0n) is 17.1. The lowest BCUT2D eigenvalue weighted by molar-refractivity contribution is 0.0694. The molecule has 1 atom stereocenters. The van der Waals surface area contributed by atoms with Crippen LogP contribution < -0.4 is 20.6 Å². The number of benzene rings is 1. The molecule has 0 bridgehead atoms. The molecule has 0 radical (unpaired) electrons. The second-order valence-electron chi connectivity index (χ2n) is 7.98. The van der Waals surface area contributed by atoms with Gasteiger partial charge in [-0.2, -0.15) is 0 Å². The molecular weight excluding hydrogens is 407 g/mol. The van der Waals surface area contributed by atoms with Gasteiger partial charge in [0, 0.05) is 13.2 Å². The van der Waals surface area contributed by atoms with E-state index in [0.29, 0.717) is 22.6 Å². The SMILES string of the molecule is Cc1nc2c(c(=O)n1C)CN(c1c(F)cc3c(=O)c(C(=O)O)cn4c3c1OC[C@@H]4C)C2. The quantitative estimate of drug-likeness (QED) is 0.665. The van der Waals surface area contributed by atoms with Gasteiger partial charge in [-0.15, -0.1) is 0 Å². The molecule has 1 N–H and O–H groups in total. The summed E-state index contributed by atoms with van der Waals surface area (Å²) >= 11 is 0. The van der Waals surface area contributed by atoms with Gasteiger partial charge in [0.2, 0.25) is 5.43 Å². The fraction of sp³-hybridized carbons (Fsp3) is 0.333. The molecule has 2 aliphatic heterocycles. The number of rotatable bonds is 2. The average molecular weight is 426 g/mol. The first kappa shape index (κ1) is 19.3. The summed E-state index contributed by atoms with van der Waals surface area (Å²) in [6, 6.07) is 0.806. The van der Waals surface area contributed by atoms with E-state index < -0.39 is 22.8 Å². The van der Waals surface area contributed by atoms with Crippen LogP contribution in [0.1, 0.15) is 40.4 Å². The number of aromatic nitrogens is 3. The molecule has 0 spiro atoms. The smallest absolute Gasteiger partial charge is 0.341 e. The highest BCUT2D eigenvalue weighted by atomic mass is 19.1. The number of aryl methyl sites for hydroxylation is 1. The van der Waals surface area contributed by atoms with Gasteiger partial charge in [-0.05, 0) is 19.9 Å². The maximum Gasteiger partial charge on any atom is 0.341 e. The number of aromatic carboxylic acids is 1. The van der Waals surface area contributed by atoms with Crippen LogP contribution in [0, 0.1) is 12.7 Å². The fourth-order valence-corrected chi connectivity index (χ4v) is 4.34. The van der Waals surface area contributed by atoms with Crippen molar-refractivity contribution in [2.24, 2.45) is 7.05 Å². The van der Waals surface area contributed by atoms with Crippen LogP contribution in [0.15, 0.2) is 21.9 Å². The van der Waals surface area contributed by atoms with Gasteiger partial charge in [-0.3, -0.25) is 14.2 Å². The molecule has 4 heterocycles. The third-order valence-corrected chi connectivity index (χ3v) is 6.07. The van der Waals surface area contributed by atoms with Gasteiger partial charge in [-0.1, -0.05) is 0 Å². The number of nitrogens with zero attached hydrogens (tertiary/aromatic N) is 4. The highest BCUT2D eigenvalue weighted by Gasteiger charge is 2.33. The van der Waals surface area contributed by atoms with Crippen LogP contribution in [-0.4, -0.2) is 31.8 Å². The van der Waals surface area contributed by atoms with E-state index in [-0.39, 0.29) is 48.1 Å². The Hall–Kier alpha value is -3.69. The Labute approximate surface area is 174 Å². The Balaban J connectivity index is 1.76. The highest BCUT2D eigenvalue weighted by molar-refractivity contribution is 5.97. The van der Waals surface area contributed by atoms with Crippen molar-refractivity contribution in [3.8, 4) is 5.75 Å². The van der Waals surface area contributed by atoms with Crippen molar-refractivity contribution in [3.63, 3.8) is 0 Å². The summed E-state index contributed by atoms with van der Waals surface area (Å²) in [5.74, 6) is -1.35. The number of carboxylic acids is 1. The summed E-state index contributed by atoms with van der Waals surface area (Å²) in [7, 11) is 1.64. The first-order chi connectivity index (χ1) is 14.7. The molecule has 0 saturated carbocycles. The lowest BCUT2D eigenvalue weighted by atomic mass is 10.1. The number of carboxylic acid groups (broad SMARTS) is 1. The Kier molecular flexibility index (Phi) is 3.98. The zero-order valence-corrected chi connectivity index (χ0v) is 17.1. The molecule has 1 aromatic carbocycles. The largest absolute Gasteiger partial charge is 0.487 e. The summed E-state index contributed by atoms with van der Waals surface area (Å²) < 4.78 is 24.3. The molecular formula is C21H19FN4O5. The average Bonchev–Trinajstić information content (AvgIpc) is 3.13. The Bertz CT molecular complexity index is 1420. The van der Waals surface area contributed by atoms with E-state index in [1.807, 2.05) is 6.92 Å². The molecule has 31 heavy (non-hydrogen) atoms. The minimum absolute atomic E-state index is 0.0516. The molecule has 10 heteroatoms. The molecule has 0 fully saturated rings. The van der Waals surface area contributed by atoms with Gasteiger partial charge in [0.1, 0.15) is 23.7 Å². The number of carbonyl (C=O) groups is 1. The number of ether oxygens (including phenoxy) is 1. The maximum absolute atomic E-state index is 15.3. The normalized spacial score (nSPS) is 17.0. The van der Waals surface area contributed by atoms with Gasteiger partial charge in [0.15, 0.2) is 11.6 Å². The van der Waals surface area contributed by atoms with E-state index in [9.17, 15) is 19.5 Å². The van der Waals surface area contributed by atoms with Crippen molar-refractivity contribution < 1.29 is 19.0 Å². The van der Waals surface area contributed by atoms with E-state index in [1.54, 1.807) is 23.4 Å². The van der Waals surface area contributed by atoms with Gasteiger partial charge in [0.25, 0.3) is 5.56 Å². The molecule has 2 aliphatic rings. The van der Waals surface area contributed by atoms with Gasteiger partial charge < -0.3 is 19.3 Å². The second kappa shape index (κ2) is 6.40. The summed E-state index contributed by atoms with van der Waals surface area (Å²) in [6.07, 6.45) is 1.28. The van der Waals surface area contributed by atoms with Crippen molar-refractivity contribution in [3.05, 3.63) is 61.3 Å². The first-order valence-corrected chi connectivity index (χ1v) is 9.76. The Morgan fingerprint density at radius 1 is 1.32 bits per heavy atom. The monoisotopic (exact) mass is 426 g/mol. The predicted molar refractivity (Wildman–Crippen MR) is 109 cm³/mol. The molecule has 160 valence electrons. The Morgan fingerprint density at radius 3 is 2.77 bits per heavy atom. The molecule has 0 saturated heterocycles. The van der Waals surface area contributed by atoms with Crippen LogP contribution in [0.3, 0.4) is 0 Å². The number of halogens is 1. The molecule has 0 unspecified atom stereocenters. The lowest BCUT2D eigenvalue weighted by Gasteiger charge is -2.31. The van der Waals surface area contributed by atoms with Crippen molar-refractivity contribution in [1.29, 1.82) is 0 Å². The summed E-state index contributed by atoms with van der Waals surface area (Å²) in [4.78, 5) is 43.0. The van der Waals surface area contributed by atoms with Crippen molar-refractivity contribution in [2.45, 2.75) is 33.0 Å². The van der Waals surface area contributed by atoms with E-state index in [0.717, 1.165) is 6.07 Å². The van der Waals surface area contributed by atoms with Gasteiger partial charge in [-0.25, -0.2) is 14.2 Å². The minimum Gasteiger partial charge on any atom is -0.487 e. The van der Waals surface area contributed by atoms with E-state index in [4.69, 9.17) is 4.74 Å². The van der Waals surface area contributed by atoms with Crippen LogP contribution in [-0.2, 0) is 20.1 Å². The molecule has 5 rings (SSSR count). The summed E-state index contributed by atoms with van der Waals surface area (Å²) in [5, 5.41) is 9.35. The molecule has 2 aromatic heterocycles.